The number of halogens is 1. The Morgan fingerprint density at radius 2 is 2.03 bits per heavy atom. The molecule has 2 amide bonds. The number of amides is 2. The fraction of sp³-hybridized carbons (Fsp3) is 0.577. The Kier molecular flexibility index (Phi) is 7.41. The zero-order valence-electron chi connectivity index (χ0n) is 20.0. The van der Waals surface area contributed by atoms with Gasteiger partial charge < -0.3 is 24.7 Å². The number of benzene rings is 1. The summed E-state index contributed by atoms with van der Waals surface area (Å²) in [7, 11) is 0. The van der Waals surface area contributed by atoms with Gasteiger partial charge in [-0.15, -0.1) is 6.58 Å². The molecule has 3 aliphatic heterocycles. The van der Waals surface area contributed by atoms with Crippen LogP contribution in [-0.4, -0.2) is 79.6 Å². The van der Waals surface area contributed by atoms with E-state index in [2.05, 4.69) is 22.5 Å². The predicted molar refractivity (Wildman–Crippen MR) is 133 cm³/mol. The molecule has 1 spiro atoms. The molecule has 1 unspecified atom stereocenters. The third kappa shape index (κ3) is 4.32. The van der Waals surface area contributed by atoms with Gasteiger partial charge in [0.1, 0.15) is 11.6 Å². The number of carbonyl (C=O) groups excluding carboxylic acids is 2. The molecule has 3 saturated heterocycles. The number of aliphatic hydroxyl groups excluding tert-OH is 1. The summed E-state index contributed by atoms with van der Waals surface area (Å²) in [6, 6.07) is 7.87. The summed E-state index contributed by atoms with van der Waals surface area (Å²) in [6.07, 6.45) is 1.76. The van der Waals surface area contributed by atoms with E-state index >= 15 is 0 Å². The van der Waals surface area contributed by atoms with Crippen LogP contribution in [0.25, 0.3) is 0 Å². The van der Waals surface area contributed by atoms with Crippen LogP contribution in [0.15, 0.2) is 43.0 Å². The maximum Gasteiger partial charge on any atom is 0.310 e. The zero-order chi connectivity index (χ0) is 25.5. The highest BCUT2D eigenvalue weighted by Crippen LogP contribution is 2.60. The Labute approximate surface area is 214 Å². The monoisotopic (exact) mass is 548 g/mol. The molecule has 0 radical (unpaired) electrons. The molecule has 3 fully saturated rings. The van der Waals surface area contributed by atoms with Gasteiger partial charge in [0.05, 0.1) is 30.6 Å². The summed E-state index contributed by atoms with van der Waals surface area (Å²) in [6.45, 7) is 8.01. The summed E-state index contributed by atoms with van der Waals surface area (Å²) in [5, 5.41) is 20.3. The smallest absolute Gasteiger partial charge is 0.310 e. The molecule has 2 N–H and O–H groups in total. The van der Waals surface area contributed by atoms with Gasteiger partial charge in [0, 0.05) is 17.9 Å². The van der Waals surface area contributed by atoms with Gasteiger partial charge in [0.15, 0.2) is 0 Å². The van der Waals surface area contributed by atoms with E-state index in [0.29, 0.717) is 19.4 Å². The Morgan fingerprint density at radius 1 is 1.34 bits per heavy atom. The number of alkyl halides is 1. The van der Waals surface area contributed by atoms with Crippen LogP contribution in [0.5, 0.6) is 0 Å². The number of carbonyl (C=O) groups is 3. The van der Waals surface area contributed by atoms with E-state index in [1.54, 1.807) is 11.0 Å². The quantitative estimate of drug-likeness (QED) is 0.343. The molecule has 7 atom stereocenters. The lowest BCUT2D eigenvalue weighted by molar-refractivity contribution is -0.153. The second-order valence-electron chi connectivity index (χ2n) is 10.2. The van der Waals surface area contributed by atoms with Gasteiger partial charge in [0.2, 0.25) is 11.8 Å². The molecule has 3 heterocycles. The summed E-state index contributed by atoms with van der Waals surface area (Å²) in [5.41, 5.74) is -0.344. The van der Waals surface area contributed by atoms with Gasteiger partial charge in [-0.1, -0.05) is 66.2 Å². The number of aliphatic hydroxyl groups is 1. The topological polar surface area (TPSA) is 107 Å². The Morgan fingerprint density at radius 3 is 2.60 bits per heavy atom. The molecule has 1 aromatic carbocycles. The van der Waals surface area contributed by atoms with Crippen molar-refractivity contribution in [3.63, 3.8) is 0 Å². The Hall–Kier alpha value is -2.23. The van der Waals surface area contributed by atoms with Crippen molar-refractivity contribution in [2.75, 3.05) is 13.2 Å². The number of hydrogen-bond acceptors (Lipinski definition) is 5. The van der Waals surface area contributed by atoms with Gasteiger partial charge in [-0.2, -0.15) is 0 Å². The normalized spacial score (nSPS) is 32.1. The highest BCUT2D eigenvalue weighted by Gasteiger charge is 2.77. The number of aliphatic carboxylic acids is 1. The SMILES string of the molecule is C=CCN(Cc1ccccc1)C(=O)[C@H]1N([C@@H](CO)CC(C)C)C(=O)[C@@H]2[C@@H](C(=O)O)[C@@H]3O[C@@]21CC3Br. The van der Waals surface area contributed by atoms with E-state index in [9.17, 15) is 24.6 Å². The first-order chi connectivity index (χ1) is 16.7. The second-order valence-corrected chi connectivity index (χ2v) is 11.4. The first-order valence-corrected chi connectivity index (χ1v) is 13.0. The van der Waals surface area contributed by atoms with Gasteiger partial charge in [-0.05, 0) is 24.3 Å². The van der Waals surface area contributed by atoms with E-state index in [1.165, 1.54) is 4.90 Å². The van der Waals surface area contributed by atoms with E-state index < -0.39 is 47.5 Å². The first kappa shape index (κ1) is 25.9. The van der Waals surface area contributed by atoms with E-state index in [1.807, 2.05) is 44.2 Å². The van der Waals surface area contributed by atoms with Crippen LogP contribution in [0.4, 0.5) is 0 Å². The molecule has 4 rings (SSSR count). The number of carboxylic acid groups (broad SMARTS) is 1. The zero-order valence-corrected chi connectivity index (χ0v) is 21.6. The number of ether oxygens (including phenoxy) is 1. The molecule has 8 nitrogen and oxygen atoms in total. The molecule has 190 valence electrons. The molecule has 2 bridgehead atoms. The lowest BCUT2D eigenvalue weighted by Gasteiger charge is -2.39. The highest BCUT2D eigenvalue weighted by atomic mass is 79.9. The Balaban J connectivity index is 1.79. The summed E-state index contributed by atoms with van der Waals surface area (Å²) < 4.78 is 6.34. The van der Waals surface area contributed by atoms with Crippen molar-refractivity contribution < 1.29 is 29.3 Å². The number of carboxylic acids is 1. The van der Waals surface area contributed by atoms with Crippen LogP contribution in [0, 0.1) is 17.8 Å². The van der Waals surface area contributed by atoms with Crippen LogP contribution in [0.2, 0.25) is 0 Å². The van der Waals surface area contributed by atoms with Crippen molar-refractivity contribution in [3.05, 3.63) is 48.6 Å². The molecule has 0 aliphatic carbocycles. The number of fused-ring (bicyclic) bond motifs is 1. The number of hydrogen-bond donors (Lipinski definition) is 2. The van der Waals surface area contributed by atoms with Gasteiger partial charge in [-0.25, -0.2) is 0 Å². The lowest BCUT2D eigenvalue weighted by Crippen LogP contribution is -2.59. The summed E-state index contributed by atoms with van der Waals surface area (Å²) in [5.74, 6) is -3.73. The third-order valence-corrected chi connectivity index (χ3v) is 8.32. The minimum absolute atomic E-state index is 0.152. The number of likely N-dealkylation sites (tertiary alicyclic amines) is 1. The van der Waals surface area contributed by atoms with Crippen molar-refractivity contribution in [1.29, 1.82) is 0 Å². The second kappa shape index (κ2) is 10.0. The van der Waals surface area contributed by atoms with Crippen molar-refractivity contribution in [2.24, 2.45) is 17.8 Å². The van der Waals surface area contributed by atoms with Crippen molar-refractivity contribution in [3.8, 4) is 0 Å². The molecule has 0 aromatic heterocycles. The summed E-state index contributed by atoms with van der Waals surface area (Å²) >= 11 is 3.56. The van der Waals surface area contributed by atoms with E-state index in [4.69, 9.17) is 4.74 Å². The van der Waals surface area contributed by atoms with Gasteiger partial charge >= 0.3 is 5.97 Å². The van der Waals surface area contributed by atoms with Crippen molar-refractivity contribution >= 4 is 33.7 Å². The standard InChI is InChI=1S/C26H33BrN2O6/c1-4-10-28(13-16-8-6-5-7-9-16)24(32)22-26-12-18(27)21(35-26)19(25(33)34)20(26)23(31)29(22)17(14-30)11-15(2)3/h4-9,15,17-22,30H,1,10-14H2,2-3H3,(H,33,34)/t17-,18?,19-,20+,21-,22-,26+/m1/s1. The molecule has 9 heteroatoms. The fourth-order valence-electron chi connectivity index (χ4n) is 6.21. The van der Waals surface area contributed by atoms with E-state index in [0.717, 1.165) is 5.56 Å². The molecular formula is C26H33BrN2O6. The highest BCUT2D eigenvalue weighted by molar-refractivity contribution is 9.09. The minimum Gasteiger partial charge on any atom is -0.481 e. The van der Waals surface area contributed by atoms with Gasteiger partial charge in [0.25, 0.3) is 0 Å². The first-order valence-electron chi connectivity index (χ1n) is 12.1. The molecule has 3 aliphatic rings. The molecular weight excluding hydrogens is 516 g/mol. The lowest BCUT2D eigenvalue weighted by atomic mass is 9.70. The number of rotatable bonds is 10. The third-order valence-electron chi connectivity index (χ3n) is 7.47. The maximum absolute atomic E-state index is 14.3. The molecule has 1 aromatic rings. The average Bonchev–Trinajstić information content (AvgIpc) is 3.41. The van der Waals surface area contributed by atoms with Crippen LogP contribution in [0.1, 0.15) is 32.3 Å². The van der Waals surface area contributed by atoms with Crippen LogP contribution >= 0.6 is 15.9 Å². The summed E-state index contributed by atoms with van der Waals surface area (Å²) in [4.78, 5) is 43.2. The predicted octanol–water partition coefficient (Wildman–Crippen LogP) is 2.44. The van der Waals surface area contributed by atoms with E-state index in [-0.39, 0.29) is 29.8 Å². The van der Waals surface area contributed by atoms with Crippen LogP contribution < -0.4 is 0 Å². The van der Waals surface area contributed by atoms with Crippen molar-refractivity contribution in [2.45, 2.75) is 61.8 Å². The average molecular weight is 549 g/mol. The molecule has 35 heavy (non-hydrogen) atoms. The van der Waals surface area contributed by atoms with Gasteiger partial charge in [-0.3, -0.25) is 14.4 Å². The van der Waals surface area contributed by atoms with Crippen molar-refractivity contribution in [1.82, 2.24) is 9.80 Å². The molecule has 0 saturated carbocycles. The Bertz CT molecular complexity index is 987. The van der Waals surface area contributed by atoms with Crippen LogP contribution in [-0.2, 0) is 25.7 Å². The maximum atomic E-state index is 14.3. The number of nitrogens with zero attached hydrogens (tertiary/aromatic N) is 2. The fourth-order valence-corrected chi connectivity index (χ4v) is 7.15. The minimum atomic E-state index is -1.27. The van der Waals surface area contributed by atoms with Crippen LogP contribution in [0.3, 0.4) is 0 Å². The largest absolute Gasteiger partial charge is 0.481 e.